The minimum atomic E-state index is -0.285. The van der Waals surface area contributed by atoms with Gasteiger partial charge in [-0.05, 0) is 98.5 Å². The highest BCUT2D eigenvalue weighted by atomic mass is 19.1. The van der Waals surface area contributed by atoms with Crippen LogP contribution in [0.15, 0.2) is 83.9 Å². The molecule has 2 aliphatic carbocycles. The number of aryl methyl sites for hydroxylation is 1. The van der Waals surface area contributed by atoms with Gasteiger partial charge in [-0.2, -0.15) is 21.0 Å². The lowest BCUT2D eigenvalue weighted by atomic mass is 9.93. The van der Waals surface area contributed by atoms with E-state index in [1.165, 1.54) is 6.07 Å². The van der Waals surface area contributed by atoms with Crippen LogP contribution in [0.25, 0.3) is 44.5 Å². The average Bonchev–Trinajstić information content (AvgIpc) is 3.43. The molecular weight excluding hydrogens is 471 g/mol. The van der Waals surface area contributed by atoms with E-state index in [-0.39, 0.29) is 17.0 Å². The summed E-state index contributed by atoms with van der Waals surface area (Å²) in [6.45, 7) is 1.71. The molecule has 0 bridgehead atoms. The Morgan fingerprint density at radius 3 is 1.58 bits per heavy atom. The van der Waals surface area contributed by atoms with E-state index in [4.69, 9.17) is 0 Å². The second kappa shape index (κ2) is 8.43. The van der Waals surface area contributed by atoms with E-state index in [1.54, 1.807) is 19.1 Å². The van der Waals surface area contributed by atoms with Crippen molar-refractivity contribution in [1.82, 2.24) is 0 Å². The molecule has 4 aromatic rings. The molecule has 0 saturated carbocycles. The summed E-state index contributed by atoms with van der Waals surface area (Å²) in [7, 11) is 0. The molecule has 0 saturated heterocycles. The van der Waals surface area contributed by atoms with Crippen molar-refractivity contribution in [2.75, 3.05) is 0 Å². The molecule has 0 fully saturated rings. The molecule has 2 aliphatic rings. The van der Waals surface area contributed by atoms with Crippen LogP contribution < -0.4 is 0 Å². The third kappa shape index (κ3) is 3.11. The smallest absolute Gasteiger partial charge is 0.138 e. The fourth-order valence-corrected chi connectivity index (χ4v) is 5.49. The van der Waals surface area contributed by atoms with Crippen LogP contribution in [0.3, 0.4) is 0 Å². The molecular formula is C33H15FN4. The van der Waals surface area contributed by atoms with Crippen molar-refractivity contribution in [2.45, 2.75) is 6.92 Å². The van der Waals surface area contributed by atoms with Gasteiger partial charge < -0.3 is 0 Å². The molecule has 0 aliphatic heterocycles. The van der Waals surface area contributed by atoms with E-state index in [1.807, 2.05) is 66.7 Å². The number of hydrogen-bond acceptors (Lipinski definition) is 4. The van der Waals surface area contributed by atoms with Gasteiger partial charge in [0, 0.05) is 11.1 Å². The first-order valence-electron chi connectivity index (χ1n) is 11.8. The second-order valence-electron chi connectivity index (χ2n) is 9.16. The van der Waals surface area contributed by atoms with Gasteiger partial charge in [0.15, 0.2) is 0 Å². The zero-order chi connectivity index (χ0) is 26.6. The van der Waals surface area contributed by atoms with E-state index in [2.05, 4.69) is 12.1 Å². The number of nitrogens with zero attached hydrogens (tertiary/aromatic N) is 4. The predicted molar refractivity (Wildman–Crippen MR) is 142 cm³/mol. The first-order valence-corrected chi connectivity index (χ1v) is 11.8. The van der Waals surface area contributed by atoms with Gasteiger partial charge in [0.1, 0.15) is 41.2 Å². The minimum Gasteiger partial charge on any atom is -0.207 e. The maximum atomic E-state index is 13.9. The molecule has 0 amide bonds. The molecule has 4 nitrogen and oxygen atoms in total. The number of nitriles is 4. The van der Waals surface area contributed by atoms with Crippen molar-refractivity contribution in [3.05, 3.63) is 118 Å². The van der Waals surface area contributed by atoms with Crippen molar-refractivity contribution in [3.8, 4) is 57.7 Å². The van der Waals surface area contributed by atoms with E-state index >= 15 is 0 Å². The van der Waals surface area contributed by atoms with Crippen LogP contribution in [-0.4, -0.2) is 0 Å². The highest BCUT2D eigenvalue weighted by Crippen LogP contribution is 2.53. The molecule has 4 aromatic carbocycles. The van der Waals surface area contributed by atoms with E-state index in [0.717, 1.165) is 55.6 Å². The third-order valence-electron chi connectivity index (χ3n) is 7.20. The van der Waals surface area contributed by atoms with Gasteiger partial charge in [-0.15, -0.1) is 0 Å². The number of fused-ring (bicyclic) bond motifs is 6. The summed E-state index contributed by atoms with van der Waals surface area (Å²) < 4.78 is 13.9. The van der Waals surface area contributed by atoms with Gasteiger partial charge in [-0.1, -0.05) is 42.5 Å². The monoisotopic (exact) mass is 486 g/mol. The highest BCUT2D eigenvalue weighted by Gasteiger charge is 2.33. The fourth-order valence-electron chi connectivity index (χ4n) is 5.49. The Morgan fingerprint density at radius 2 is 1.00 bits per heavy atom. The Bertz CT molecular complexity index is 1950. The maximum absolute atomic E-state index is 13.9. The van der Waals surface area contributed by atoms with E-state index in [0.29, 0.717) is 16.7 Å². The first kappa shape index (κ1) is 22.7. The van der Waals surface area contributed by atoms with Crippen molar-refractivity contribution in [3.63, 3.8) is 0 Å². The topological polar surface area (TPSA) is 95.2 Å². The predicted octanol–water partition coefficient (Wildman–Crippen LogP) is 7.46. The summed E-state index contributed by atoms with van der Waals surface area (Å²) in [6.07, 6.45) is 0. The normalized spacial score (nSPS) is 11.7. The summed E-state index contributed by atoms with van der Waals surface area (Å²) in [5, 5.41) is 39.2. The van der Waals surface area contributed by atoms with E-state index in [9.17, 15) is 25.4 Å². The Morgan fingerprint density at radius 1 is 0.526 bits per heavy atom. The Labute approximate surface area is 218 Å². The molecule has 0 heterocycles. The lowest BCUT2D eigenvalue weighted by molar-refractivity contribution is 0.619. The number of rotatable bonds is 1. The highest BCUT2D eigenvalue weighted by molar-refractivity contribution is 6.11. The molecule has 0 N–H and O–H groups in total. The number of allylic oxidation sites excluding steroid dienone is 2. The zero-order valence-electron chi connectivity index (χ0n) is 20.1. The average molecular weight is 487 g/mol. The van der Waals surface area contributed by atoms with E-state index < -0.39 is 0 Å². The molecule has 6 rings (SSSR count). The van der Waals surface area contributed by atoms with Gasteiger partial charge >= 0.3 is 0 Å². The van der Waals surface area contributed by atoms with Gasteiger partial charge in [0.25, 0.3) is 0 Å². The molecule has 0 unspecified atom stereocenters. The van der Waals surface area contributed by atoms with Crippen LogP contribution in [0.2, 0.25) is 0 Å². The molecule has 0 radical (unpaired) electrons. The Kier molecular flexibility index (Phi) is 5.03. The second-order valence-corrected chi connectivity index (χ2v) is 9.16. The lowest BCUT2D eigenvalue weighted by Gasteiger charge is -2.08. The maximum Gasteiger partial charge on any atom is 0.138 e. The van der Waals surface area contributed by atoms with Gasteiger partial charge in [0.2, 0.25) is 0 Å². The van der Waals surface area contributed by atoms with Crippen LogP contribution in [0, 0.1) is 58.1 Å². The lowest BCUT2D eigenvalue weighted by Crippen LogP contribution is -1.91. The minimum absolute atomic E-state index is 0.00540. The van der Waals surface area contributed by atoms with Crippen LogP contribution in [-0.2, 0) is 0 Å². The molecule has 38 heavy (non-hydrogen) atoms. The number of benzene rings is 4. The number of halogens is 1. The molecule has 5 heteroatoms. The van der Waals surface area contributed by atoms with Gasteiger partial charge in [-0.25, -0.2) is 4.39 Å². The largest absolute Gasteiger partial charge is 0.207 e. The summed E-state index contributed by atoms with van der Waals surface area (Å²) in [5.74, 6) is -0.285. The van der Waals surface area contributed by atoms with Crippen molar-refractivity contribution < 1.29 is 4.39 Å². The van der Waals surface area contributed by atoms with Crippen LogP contribution in [0.4, 0.5) is 4.39 Å². The zero-order valence-corrected chi connectivity index (χ0v) is 20.1. The molecule has 0 spiro atoms. The van der Waals surface area contributed by atoms with Crippen LogP contribution >= 0.6 is 0 Å². The Hall–Kier alpha value is -5.75. The summed E-state index contributed by atoms with van der Waals surface area (Å²) in [4.78, 5) is 0. The summed E-state index contributed by atoms with van der Waals surface area (Å²) >= 11 is 0. The van der Waals surface area contributed by atoms with Crippen molar-refractivity contribution >= 4 is 11.1 Å². The summed E-state index contributed by atoms with van der Waals surface area (Å²) in [5.41, 5.74) is 9.78. The Balaban J connectivity index is 1.67. The SMILES string of the molecule is Cc1cc(-c2ccc3c(c2)C(=C(C#N)C#N)c2cc4c(cc2-3)C(=C(C#N)C#N)c2ccccc2-4)ccc1F. The van der Waals surface area contributed by atoms with Crippen LogP contribution in [0.1, 0.15) is 27.8 Å². The van der Waals surface area contributed by atoms with Crippen molar-refractivity contribution in [1.29, 1.82) is 21.0 Å². The summed E-state index contributed by atoms with van der Waals surface area (Å²) in [6, 6.07) is 30.4. The molecule has 174 valence electrons. The van der Waals surface area contributed by atoms with Gasteiger partial charge in [0.05, 0.1) is 0 Å². The third-order valence-corrected chi connectivity index (χ3v) is 7.20. The first-order chi connectivity index (χ1) is 18.5. The van der Waals surface area contributed by atoms with Crippen molar-refractivity contribution in [2.24, 2.45) is 0 Å². The standard InChI is InChI=1S/C33H15FN4/c1-18-10-19(7-9-31(18)34)20-6-8-24-27-13-29-26(12-30(27)33(28(24)11-20)22(16-37)17-38)23-4-2-3-5-25(23)32(29)21(14-35)15-36/h2-13H,1H3. The van der Waals surface area contributed by atoms with Gasteiger partial charge in [-0.3, -0.25) is 0 Å². The molecule has 0 aromatic heterocycles. The number of hydrogen-bond donors (Lipinski definition) is 0. The quantitative estimate of drug-likeness (QED) is 0.225. The molecule has 0 atom stereocenters. The van der Waals surface area contributed by atoms with Crippen LogP contribution in [0.5, 0.6) is 0 Å². The fraction of sp³-hybridized carbons (Fsp3) is 0.0303.